The lowest BCUT2D eigenvalue weighted by molar-refractivity contribution is -0.385. The largest absolute Gasteiger partial charge is 0.369 e. The van der Waals surface area contributed by atoms with Crippen LogP contribution >= 0.6 is 11.6 Å². The molecule has 0 bridgehead atoms. The van der Waals surface area contributed by atoms with Crippen LogP contribution in [-0.4, -0.2) is 47.5 Å². The molecule has 2 aromatic rings. The lowest BCUT2D eigenvalue weighted by Gasteiger charge is -2.36. The van der Waals surface area contributed by atoms with Gasteiger partial charge in [-0.25, -0.2) is 4.98 Å². The van der Waals surface area contributed by atoms with E-state index in [-0.39, 0.29) is 10.7 Å². The molecule has 0 amide bonds. The number of nitrogens with zero attached hydrogens (tertiary/aromatic N) is 4. The maximum Gasteiger partial charge on any atom is 0.289 e. The molecule has 2 heterocycles. The Labute approximate surface area is 169 Å². The second-order valence-electron chi connectivity index (χ2n) is 7.53. The van der Waals surface area contributed by atoms with Crippen molar-refractivity contribution in [3.63, 3.8) is 0 Å². The number of hydrogen-bond donors (Lipinski definition) is 1. The summed E-state index contributed by atoms with van der Waals surface area (Å²) >= 11 is 6.07. The second kappa shape index (κ2) is 8.32. The molecule has 0 unspecified atom stereocenters. The SMILES string of the molecule is O=[N+]([O-])c1cnc(NCc2ccc(N3CCN(CC4CC4)CC3)cc2)c(Cl)c1. The van der Waals surface area contributed by atoms with Gasteiger partial charge in [-0.1, -0.05) is 23.7 Å². The number of hydrogen-bond acceptors (Lipinski definition) is 6. The van der Waals surface area contributed by atoms with Crippen molar-refractivity contribution in [3.05, 3.63) is 57.2 Å². The van der Waals surface area contributed by atoms with E-state index in [1.165, 1.54) is 37.3 Å². The molecule has 4 rings (SSSR count). The van der Waals surface area contributed by atoms with E-state index in [0.29, 0.717) is 12.4 Å². The Bertz CT molecular complexity index is 833. The van der Waals surface area contributed by atoms with E-state index in [1.54, 1.807) is 0 Å². The number of nitro groups is 1. The highest BCUT2D eigenvalue weighted by molar-refractivity contribution is 6.33. The summed E-state index contributed by atoms with van der Waals surface area (Å²) in [7, 11) is 0. The van der Waals surface area contributed by atoms with Gasteiger partial charge < -0.3 is 10.2 Å². The number of pyridine rings is 1. The van der Waals surface area contributed by atoms with E-state index in [9.17, 15) is 10.1 Å². The first-order chi connectivity index (χ1) is 13.6. The molecule has 0 radical (unpaired) electrons. The average Bonchev–Trinajstić information content (AvgIpc) is 3.52. The molecule has 0 spiro atoms. The predicted molar refractivity (Wildman–Crippen MR) is 111 cm³/mol. The number of anilines is 2. The number of piperazine rings is 1. The zero-order chi connectivity index (χ0) is 19.5. The van der Waals surface area contributed by atoms with E-state index in [2.05, 4.69) is 44.4 Å². The van der Waals surface area contributed by atoms with Crippen LogP contribution in [0.15, 0.2) is 36.5 Å². The fourth-order valence-corrected chi connectivity index (χ4v) is 3.75. The minimum absolute atomic E-state index is 0.114. The molecule has 148 valence electrons. The Morgan fingerprint density at radius 1 is 1.18 bits per heavy atom. The highest BCUT2D eigenvalue weighted by atomic mass is 35.5. The Balaban J connectivity index is 1.29. The summed E-state index contributed by atoms with van der Waals surface area (Å²) in [5.41, 5.74) is 2.24. The summed E-state index contributed by atoms with van der Waals surface area (Å²) < 4.78 is 0. The smallest absolute Gasteiger partial charge is 0.289 e. The van der Waals surface area contributed by atoms with Gasteiger partial charge in [0.2, 0.25) is 0 Å². The minimum Gasteiger partial charge on any atom is -0.369 e. The van der Waals surface area contributed by atoms with Crippen molar-refractivity contribution in [2.75, 3.05) is 42.9 Å². The summed E-state index contributed by atoms with van der Waals surface area (Å²) in [6.07, 6.45) is 4.03. The number of nitrogens with one attached hydrogen (secondary N) is 1. The van der Waals surface area contributed by atoms with Crippen molar-refractivity contribution >= 4 is 28.8 Å². The maximum absolute atomic E-state index is 10.8. The standard InChI is InChI=1S/C20H24ClN5O2/c21-19-11-18(26(27)28)13-23-20(19)22-12-15-3-5-17(6-4-15)25-9-7-24(8-10-25)14-16-1-2-16/h3-6,11,13,16H,1-2,7-10,12,14H2,(H,22,23). The summed E-state index contributed by atoms with van der Waals surface area (Å²) in [6, 6.07) is 9.80. The monoisotopic (exact) mass is 401 g/mol. The van der Waals surface area contributed by atoms with Gasteiger partial charge in [0.15, 0.2) is 0 Å². The fourth-order valence-electron chi connectivity index (χ4n) is 3.52. The molecule has 8 heteroatoms. The fraction of sp³-hybridized carbons (Fsp3) is 0.450. The van der Waals surface area contributed by atoms with Crippen LogP contribution in [0.1, 0.15) is 18.4 Å². The van der Waals surface area contributed by atoms with Gasteiger partial charge >= 0.3 is 0 Å². The van der Waals surface area contributed by atoms with Crippen molar-refractivity contribution in [2.24, 2.45) is 5.92 Å². The first kappa shape index (κ1) is 19.0. The summed E-state index contributed by atoms with van der Waals surface area (Å²) in [5.74, 6) is 1.40. The van der Waals surface area contributed by atoms with Gasteiger partial charge in [-0.2, -0.15) is 0 Å². The van der Waals surface area contributed by atoms with Crippen LogP contribution in [0.5, 0.6) is 0 Å². The zero-order valence-corrected chi connectivity index (χ0v) is 16.4. The van der Waals surface area contributed by atoms with Crippen LogP contribution in [0.25, 0.3) is 0 Å². The minimum atomic E-state index is -0.507. The van der Waals surface area contributed by atoms with Gasteiger partial charge in [0.25, 0.3) is 5.69 Å². The topological polar surface area (TPSA) is 74.5 Å². The predicted octanol–water partition coefficient (Wildman–Crippen LogP) is 3.79. The summed E-state index contributed by atoms with van der Waals surface area (Å²) in [4.78, 5) is 19.3. The van der Waals surface area contributed by atoms with E-state index in [1.807, 2.05) is 0 Å². The molecule has 1 N–H and O–H groups in total. The Hall–Kier alpha value is -2.38. The lowest BCUT2D eigenvalue weighted by Crippen LogP contribution is -2.47. The van der Waals surface area contributed by atoms with Gasteiger partial charge in [0.1, 0.15) is 12.0 Å². The van der Waals surface area contributed by atoms with Crippen LogP contribution in [0.3, 0.4) is 0 Å². The maximum atomic E-state index is 10.8. The molecular weight excluding hydrogens is 378 g/mol. The van der Waals surface area contributed by atoms with E-state index in [4.69, 9.17) is 11.6 Å². The number of aromatic nitrogens is 1. The van der Waals surface area contributed by atoms with Crippen LogP contribution in [-0.2, 0) is 6.54 Å². The number of benzene rings is 1. The molecule has 2 fully saturated rings. The molecule has 1 aliphatic carbocycles. The molecule has 1 aromatic carbocycles. The Morgan fingerprint density at radius 2 is 1.89 bits per heavy atom. The Kier molecular flexibility index (Phi) is 5.64. The first-order valence-electron chi connectivity index (χ1n) is 9.68. The van der Waals surface area contributed by atoms with Gasteiger partial charge in [-0.15, -0.1) is 0 Å². The Morgan fingerprint density at radius 3 is 2.50 bits per heavy atom. The molecule has 1 saturated heterocycles. The van der Waals surface area contributed by atoms with Gasteiger partial charge in [0.05, 0.1) is 9.95 Å². The first-order valence-corrected chi connectivity index (χ1v) is 10.1. The van der Waals surface area contributed by atoms with E-state index in [0.717, 1.165) is 37.7 Å². The third-order valence-electron chi connectivity index (χ3n) is 5.38. The van der Waals surface area contributed by atoms with Crippen molar-refractivity contribution in [2.45, 2.75) is 19.4 Å². The molecule has 7 nitrogen and oxygen atoms in total. The van der Waals surface area contributed by atoms with Gasteiger partial charge in [-0.3, -0.25) is 15.0 Å². The second-order valence-corrected chi connectivity index (χ2v) is 7.94. The highest BCUT2D eigenvalue weighted by Gasteiger charge is 2.26. The zero-order valence-electron chi connectivity index (χ0n) is 15.7. The molecule has 1 saturated carbocycles. The number of halogens is 1. The van der Waals surface area contributed by atoms with E-state index < -0.39 is 4.92 Å². The summed E-state index contributed by atoms with van der Waals surface area (Å²) in [6.45, 7) is 6.27. The third kappa shape index (κ3) is 4.72. The van der Waals surface area contributed by atoms with Crippen LogP contribution in [0.4, 0.5) is 17.2 Å². The molecule has 1 aromatic heterocycles. The van der Waals surface area contributed by atoms with Crippen molar-refractivity contribution in [1.29, 1.82) is 0 Å². The number of rotatable bonds is 7. The molecule has 0 atom stereocenters. The van der Waals surface area contributed by atoms with E-state index >= 15 is 0 Å². The lowest BCUT2D eigenvalue weighted by atomic mass is 10.1. The molecule has 2 aliphatic rings. The molecule has 1 aliphatic heterocycles. The highest BCUT2D eigenvalue weighted by Crippen LogP contribution is 2.30. The van der Waals surface area contributed by atoms with Gasteiger partial charge in [0, 0.05) is 51.0 Å². The van der Waals surface area contributed by atoms with Crippen LogP contribution in [0.2, 0.25) is 5.02 Å². The van der Waals surface area contributed by atoms with Crippen molar-refractivity contribution in [3.8, 4) is 0 Å². The molecule has 28 heavy (non-hydrogen) atoms. The molecular formula is C20H24ClN5O2. The summed E-state index contributed by atoms with van der Waals surface area (Å²) in [5, 5.41) is 14.1. The third-order valence-corrected chi connectivity index (χ3v) is 5.67. The van der Waals surface area contributed by atoms with Crippen LogP contribution in [0, 0.1) is 16.0 Å². The van der Waals surface area contributed by atoms with Crippen LogP contribution < -0.4 is 10.2 Å². The average molecular weight is 402 g/mol. The normalized spacial score (nSPS) is 17.5. The quantitative estimate of drug-likeness (QED) is 0.562. The van der Waals surface area contributed by atoms with Gasteiger partial charge in [-0.05, 0) is 36.5 Å². The van der Waals surface area contributed by atoms with Crippen molar-refractivity contribution < 1.29 is 4.92 Å². The van der Waals surface area contributed by atoms with Crippen molar-refractivity contribution in [1.82, 2.24) is 9.88 Å².